The van der Waals surface area contributed by atoms with Crippen molar-refractivity contribution in [1.82, 2.24) is 4.90 Å². The molecule has 1 aliphatic carbocycles. The molecular weight excluding hydrogens is 286 g/mol. The molecule has 1 saturated carbocycles. The van der Waals surface area contributed by atoms with Crippen molar-refractivity contribution in [1.29, 1.82) is 0 Å². The van der Waals surface area contributed by atoms with Crippen LogP contribution in [0, 0.1) is 5.92 Å². The highest BCUT2D eigenvalue weighted by molar-refractivity contribution is 7.90. The zero-order chi connectivity index (χ0) is 15.3. The van der Waals surface area contributed by atoms with Gasteiger partial charge in [0.1, 0.15) is 0 Å². The number of hydrogen-bond acceptors (Lipinski definition) is 5. The molecule has 0 radical (unpaired) electrons. The molecule has 0 amide bonds. The highest BCUT2D eigenvalue weighted by Crippen LogP contribution is 2.38. The van der Waals surface area contributed by atoms with Crippen LogP contribution in [0.5, 0.6) is 0 Å². The third-order valence-electron chi connectivity index (χ3n) is 4.46. The molecule has 1 heterocycles. The summed E-state index contributed by atoms with van der Waals surface area (Å²) >= 11 is 0. The highest BCUT2D eigenvalue weighted by atomic mass is 32.2. The van der Waals surface area contributed by atoms with Gasteiger partial charge in [-0.25, -0.2) is 8.42 Å². The van der Waals surface area contributed by atoms with E-state index in [1.54, 1.807) is 12.1 Å². The molecule has 1 aromatic carbocycles. The van der Waals surface area contributed by atoms with E-state index < -0.39 is 9.84 Å². The lowest BCUT2D eigenvalue weighted by Gasteiger charge is -2.37. The standard InChI is InChI=1S/C15H21N3O2S/c1-15(10-17-14(16)18(15)9-11-3-4-11)12-5-7-13(8-6-12)21(2,19)20/h5-8,11H,3-4,9-10H2,1-2H3,(H2,16,17). The molecule has 0 bridgehead atoms. The fourth-order valence-electron chi connectivity index (χ4n) is 2.82. The molecule has 114 valence electrons. The van der Waals surface area contributed by atoms with Gasteiger partial charge in [-0.15, -0.1) is 0 Å². The normalized spacial score (nSPS) is 26.0. The molecule has 0 saturated heterocycles. The summed E-state index contributed by atoms with van der Waals surface area (Å²) in [5.74, 6) is 1.31. The third kappa shape index (κ3) is 2.64. The summed E-state index contributed by atoms with van der Waals surface area (Å²) in [5, 5.41) is 0. The quantitative estimate of drug-likeness (QED) is 0.911. The number of hydrogen-bond donors (Lipinski definition) is 1. The maximum atomic E-state index is 11.6. The van der Waals surface area contributed by atoms with Gasteiger partial charge >= 0.3 is 0 Å². The van der Waals surface area contributed by atoms with E-state index in [0.29, 0.717) is 23.3 Å². The van der Waals surface area contributed by atoms with Gasteiger partial charge in [-0.1, -0.05) is 12.1 Å². The monoisotopic (exact) mass is 307 g/mol. The van der Waals surface area contributed by atoms with Crippen molar-refractivity contribution < 1.29 is 8.42 Å². The van der Waals surface area contributed by atoms with E-state index in [-0.39, 0.29) is 5.54 Å². The lowest BCUT2D eigenvalue weighted by atomic mass is 9.91. The molecule has 2 aliphatic rings. The van der Waals surface area contributed by atoms with E-state index in [1.807, 2.05) is 12.1 Å². The molecule has 0 aromatic heterocycles. The summed E-state index contributed by atoms with van der Waals surface area (Å²) in [4.78, 5) is 6.91. The predicted octanol–water partition coefficient (Wildman–Crippen LogP) is 1.35. The van der Waals surface area contributed by atoms with E-state index in [9.17, 15) is 8.42 Å². The zero-order valence-corrected chi connectivity index (χ0v) is 13.2. The number of rotatable bonds is 4. The van der Waals surface area contributed by atoms with Crippen LogP contribution in [0.4, 0.5) is 0 Å². The molecule has 3 rings (SSSR count). The van der Waals surface area contributed by atoms with Crippen LogP contribution in [0.25, 0.3) is 0 Å². The van der Waals surface area contributed by atoms with Gasteiger partial charge in [0.25, 0.3) is 0 Å². The second-order valence-electron chi connectivity index (χ2n) is 6.30. The van der Waals surface area contributed by atoms with Crippen LogP contribution in [0.1, 0.15) is 25.3 Å². The topological polar surface area (TPSA) is 75.8 Å². The van der Waals surface area contributed by atoms with Crippen LogP contribution >= 0.6 is 0 Å². The second-order valence-corrected chi connectivity index (χ2v) is 8.31. The van der Waals surface area contributed by atoms with Crippen molar-refractivity contribution in [2.24, 2.45) is 16.6 Å². The van der Waals surface area contributed by atoms with Crippen LogP contribution in [0.2, 0.25) is 0 Å². The molecular formula is C15H21N3O2S. The van der Waals surface area contributed by atoms with Gasteiger partial charge < -0.3 is 10.6 Å². The predicted molar refractivity (Wildman–Crippen MR) is 82.8 cm³/mol. The van der Waals surface area contributed by atoms with Crippen LogP contribution in [0.15, 0.2) is 34.2 Å². The summed E-state index contributed by atoms with van der Waals surface area (Å²) in [5.41, 5.74) is 6.83. The van der Waals surface area contributed by atoms with Gasteiger partial charge in [0, 0.05) is 12.8 Å². The number of nitrogens with two attached hydrogens (primary N) is 1. The molecule has 2 N–H and O–H groups in total. The zero-order valence-electron chi connectivity index (χ0n) is 12.4. The minimum atomic E-state index is -3.16. The van der Waals surface area contributed by atoms with Gasteiger partial charge in [-0.3, -0.25) is 4.99 Å². The molecule has 1 atom stereocenters. The van der Waals surface area contributed by atoms with Crippen molar-refractivity contribution in [2.45, 2.75) is 30.2 Å². The lowest BCUT2D eigenvalue weighted by molar-refractivity contribution is 0.217. The van der Waals surface area contributed by atoms with Gasteiger partial charge in [-0.2, -0.15) is 0 Å². The Labute approximate surface area is 125 Å². The number of nitrogens with zero attached hydrogens (tertiary/aromatic N) is 2. The van der Waals surface area contributed by atoms with Gasteiger partial charge in [-0.05, 0) is 43.4 Å². The fraction of sp³-hybridized carbons (Fsp3) is 0.533. The summed E-state index contributed by atoms with van der Waals surface area (Å²) in [6, 6.07) is 7.09. The number of aliphatic imine (C=N–C) groups is 1. The summed E-state index contributed by atoms with van der Waals surface area (Å²) in [6.45, 7) is 3.66. The largest absolute Gasteiger partial charge is 0.370 e. The average molecular weight is 307 g/mol. The fourth-order valence-corrected chi connectivity index (χ4v) is 3.45. The molecule has 21 heavy (non-hydrogen) atoms. The van der Waals surface area contributed by atoms with Crippen LogP contribution in [-0.2, 0) is 15.4 Å². The Hall–Kier alpha value is -1.56. The molecule has 6 heteroatoms. The first kappa shape index (κ1) is 14.4. The number of sulfone groups is 1. The SMILES string of the molecule is CC1(c2ccc(S(C)(=O)=O)cc2)CN=C(N)N1CC1CC1. The van der Waals surface area contributed by atoms with Crippen molar-refractivity contribution in [3.63, 3.8) is 0 Å². The van der Waals surface area contributed by atoms with Gasteiger partial charge in [0.15, 0.2) is 15.8 Å². The van der Waals surface area contributed by atoms with Gasteiger partial charge in [0.2, 0.25) is 0 Å². The Kier molecular flexibility index (Phi) is 3.24. The van der Waals surface area contributed by atoms with Crippen molar-refractivity contribution in [3.8, 4) is 0 Å². The Morgan fingerprint density at radius 1 is 1.33 bits per heavy atom. The molecule has 1 aromatic rings. The van der Waals surface area contributed by atoms with E-state index in [1.165, 1.54) is 19.1 Å². The van der Waals surface area contributed by atoms with E-state index in [2.05, 4.69) is 16.8 Å². The van der Waals surface area contributed by atoms with Crippen molar-refractivity contribution in [2.75, 3.05) is 19.3 Å². The first-order valence-electron chi connectivity index (χ1n) is 7.19. The highest BCUT2D eigenvalue weighted by Gasteiger charge is 2.41. The Morgan fingerprint density at radius 3 is 2.48 bits per heavy atom. The minimum absolute atomic E-state index is 0.275. The van der Waals surface area contributed by atoms with Gasteiger partial charge in [0.05, 0.1) is 17.0 Å². The van der Waals surface area contributed by atoms with E-state index in [4.69, 9.17) is 5.73 Å². The average Bonchev–Trinajstić information content (AvgIpc) is 3.20. The van der Waals surface area contributed by atoms with Crippen LogP contribution < -0.4 is 5.73 Å². The maximum Gasteiger partial charge on any atom is 0.192 e. The van der Waals surface area contributed by atoms with Crippen LogP contribution in [0.3, 0.4) is 0 Å². The van der Waals surface area contributed by atoms with Crippen LogP contribution in [-0.4, -0.2) is 38.6 Å². The van der Waals surface area contributed by atoms with E-state index in [0.717, 1.165) is 12.1 Å². The Morgan fingerprint density at radius 2 is 1.95 bits per heavy atom. The third-order valence-corrected chi connectivity index (χ3v) is 5.59. The molecule has 5 nitrogen and oxygen atoms in total. The minimum Gasteiger partial charge on any atom is -0.370 e. The summed E-state index contributed by atoms with van der Waals surface area (Å²) in [7, 11) is -3.16. The Bertz CT molecular complexity index is 677. The number of benzene rings is 1. The molecule has 1 fully saturated rings. The molecule has 1 unspecified atom stereocenters. The smallest absolute Gasteiger partial charge is 0.192 e. The summed E-state index contributed by atoms with van der Waals surface area (Å²) in [6.07, 6.45) is 3.74. The Balaban J connectivity index is 1.90. The first-order valence-corrected chi connectivity index (χ1v) is 9.08. The lowest BCUT2D eigenvalue weighted by Crippen LogP contribution is -2.48. The molecule has 1 aliphatic heterocycles. The maximum absolute atomic E-state index is 11.6. The van der Waals surface area contributed by atoms with Crippen molar-refractivity contribution in [3.05, 3.63) is 29.8 Å². The number of guanidine groups is 1. The second kappa shape index (κ2) is 4.73. The van der Waals surface area contributed by atoms with Crippen molar-refractivity contribution >= 4 is 15.8 Å². The van der Waals surface area contributed by atoms with E-state index >= 15 is 0 Å². The summed E-state index contributed by atoms with van der Waals surface area (Å²) < 4.78 is 23.1. The first-order chi connectivity index (χ1) is 9.80. The molecule has 0 spiro atoms.